The summed E-state index contributed by atoms with van der Waals surface area (Å²) in [6.07, 6.45) is 1.29. The van der Waals surface area contributed by atoms with E-state index in [1.165, 1.54) is 0 Å². The normalized spacial score (nSPS) is 10.0. The summed E-state index contributed by atoms with van der Waals surface area (Å²) in [5.41, 5.74) is 1.03. The molecule has 0 atom stereocenters. The van der Waals surface area contributed by atoms with Crippen LogP contribution in [0.5, 0.6) is 0 Å². The number of carbonyl (C=O) groups is 1. The SMILES string of the molecule is C=C(C)CCC(=O)COCCOC. The zero-order valence-corrected chi connectivity index (χ0v) is 8.47. The summed E-state index contributed by atoms with van der Waals surface area (Å²) >= 11 is 0. The van der Waals surface area contributed by atoms with Crippen LogP contribution >= 0.6 is 0 Å². The van der Waals surface area contributed by atoms with Crippen molar-refractivity contribution < 1.29 is 14.3 Å². The molecule has 0 saturated heterocycles. The van der Waals surface area contributed by atoms with E-state index in [4.69, 9.17) is 9.47 Å². The van der Waals surface area contributed by atoms with Crippen LogP contribution in [0.2, 0.25) is 0 Å². The second-order valence-corrected chi connectivity index (χ2v) is 3.04. The maximum Gasteiger partial charge on any atom is 0.158 e. The Hall–Kier alpha value is -0.670. The molecule has 0 aromatic heterocycles. The number of Topliss-reactive ketones (excluding diaryl/α,β-unsaturated/α-hetero) is 1. The lowest BCUT2D eigenvalue weighted by Crippen LogP contribution is -2.11. The van der Waals surface area contributed by atoms with Gasteiger partial charge in [-0.25, -0.2) is 0 Å². The van der Waals surface area contributed by atoms with Crippen molar-refractivity contribution >= 4 is 5.78 Å². The third kappa shape index (κ3) is 9.24. The van der Waals surface area contributed by atoms with Crippen molar-refractivity contribution in [3.63, 3.8) is 0 Å². The van der Waals surface area contributed by atoms with E-state index in [0.717, 1.165) is 12.0 Å². The van der Waals surface area contributed by atoms with Gasteiger partial charge in [-0.3, -0.25) is 4.79 Å². The molecule has 0 bridgehead atoms. The first kappa shape index (κ1) is 12.3. The first-order chi connectivity index (χ1) is 6.16. The van der Waals surface area contributed by atoms with Gasteiger partial charge in [-0.05, 0) is 13.3 Å². The number of hydrogen-bond acceptors (Lipinski definition) is 3. The lowest BCUT2D eigenvalue weighted by molar-refractivity contribution is -0.123. The van der Waals surface area contributed by atoms with Crippen LogP contribution < -0.4 is 0 Å². The van der Waals surface area contributed by atoms with Gasteiger partial charge in [0, 0.05) is 13.5 Å². The molecule has 0 unspecified atom stereocenters. The highest BCUT2D eigenvalue weighted by molar-refractivity contribution is 5.79. The monoisotopic (exact) mass is 186 g/mol. The van der Waals surface area contributed by atoms with Crippen molar-refractivity contribution in [3.05, 3.63) is 12.2 Å². The van der Waals surface area contributed by atoms with Crippen LogP contribution in [-0.4, -0.2) is 32.7 Å². The number of methoxy groups -OCH3 is 1. The molecule has 0 aliphatic heterocycles. The largest absolute Gasteiger partial charge is 0.382 e. The molecule has 0 aromatic rings. The fraction of sp³-hybridized carbons (Fsp3) is 0.700. The molecule has 0 radical (unpaired) electrons. The summed E-state index contributed by atoms with van der Waals surface area (Å²) in [6.45, 7) is 6.85. The zero-order valence-electron chi connectivity index (χ0n) is 8.47. The highest BCUT2D eigenvalue weighted by atomic mass is 16.5. The van der Waals surface area contributed by atoms with E-state index in [9.17, 15) is 4.79 Å². The molecule has 0 heterocycles. The van der Waals surface area contributed by atoms with E-state index in [-0.39, 0.29) is 12.4 Å². The molecular formula is C10H18O3. The third-order valence-corrected chi connectivity index (χ3v) is 1.53. The smallest absolute Gasteiger partial charge is 0.158 e. The highest BCUT2D eigenvalue weighted by Crippen LogP contribution is 2.00. The van der Waals surface area contributed by atoms with Gasteiger partial charge in [-0.2, -0.15) is 0 Å². The number of allylic oxidation sites excluding steroid dienone is 1. The van der Waals surface area contributed by atoms with Crippen LogP contribution in [0.15, 0.2) is 12.2 Å². The Morgan fingerprint density at radius 3 is 2.54 bits per heavy atom. The summed E-state index contributed by atoms with van der Waals surface area (Å²) in [7, 11) is 1.60. The molecule has 0 saturated carbocycles. The molecule has 0 aliphatic rings. The van der Waals surface area contributed by atoms with Crippen molar-refractivity contribution in [3.8, 4) is 0 Å². The minimum Gasteiger partial charge on any atom is -0.382 e. The average molecular weight is 186 g/mol. The lowest BCUT2D eigenvalue weighted by Gasteiger charge is -2.02. The summed E-state index contributed by atoms with van der Waals surface area (Å²) < 4.78 is 9.84. The number of ether oxygens (including phenoxy) is 2. The van der Waals surface area contributed by atoms with Crippen molar-refractivity contribution in [1.29, 1.82) is 0 Å². The molecule has 0 aliphatic carbocycles. The Balaban J connectivity index is 3.25. The lowest BCUT2D eigenvalue weighted by atomic mass is 10.1. The van der Waals surface area contributed by atoms with Crippen LogP contribution in [0, 0.1) is 0 Å². The van der Waals surface area contributed by atoms with Gasteiger partial charge < -0.3 is 9.47 Å². The minimum absolute atomic E-state index is 0.124. The van der Waals surface area contributed by atoms with Crippen LogP contribution in [0.3, 0.4) is 0 Å². The second-order valence-electron chi connectivity index (χ2n) is 3.04. The topological polar surface area (TPSA) is 35.5 Å². The molecular weight excluding hydrogens is 168 g/mol. The van der Waals surface area contributed by atoms with Gasteiger partial charge in [0.05, 0.1) is 13.2 Å². The molecule has 0 fully saturated rings. The van der Waals surface area contributed by atoms with Crippen molar-refractivity contribution in [2.45, 2.75) is 19.8 Å². The molecule has 0 spiro atoms. The zero-order chi connectivity index (χ0) is 10.1. The Bertz CT molecular complexity index is 164. The van der Waals surface area contributed by atoms with Gasteiger partial charge in [0.25, 0.3) is 0 Å². The van der Waals surface area contributed by atoms with Crippen LogP contribution in [-0.2, 0) is 14.3 Å². The van der Waals surface area contributed by atoms with Crippen LogP contribution in [0.1, 0.15) is 19.8 Å². The minimum atomic E-state index is 0.124. The molecule has 0 amide bonds. The van der Waals surface area contributed by atoms with Crippen molar-refractivity contribution in [2.75, 3.05) is 26.9 Å². The standard InChI is InChI=1S/C10H18O3/c1-9(2)4-5-10(11)8-13-7-6-12-3/h1,4-8H2,2-3H3. The first-order valence-electron chi connectivity index (χ1n) is 4.39. The summed E-state index contributed by atoms with van der Waals surface area (Å²) in [5.74, 6) is 0.124. The Labute approximate surface area is 79.7 Å². The maximum atomic E-state index is 11.1. The van der Waals surface area contributed by atoms with Crippen molar-refractivity contribution in [1.82, 2.24) is 0 Å². The summed E-state index contributed by atoms with van der Waals surface area (Å²) in [5, 5.41) is 0. The number of ketones is 1. The van der Waals surface area contributed by atoms with E-state index < -0.39 is 0 Å². The molecule has 3 nitrogen and oxygen atoms in total. The van der Waals surface area contributed by atoms with E-state index in [0.29, 0.717) is 19.6 Å². The molecule has 0 N–H and O–H groups in total. The number of carbonyl (C=O) groups excluding carboxylic acids is 1. The van der Waals surface area contributed by atoms with E-state index >= 15 is 0 Å². The molecule has 0 rings (SSSR count). The molecule has 3 heteroatoms. The summed E-state index contributed by atoms with van der Waals surface area (Å²) in [6, 6.07) is 0. The predicted molar refractivity (Wildman–Crippen MR) is 51.8 cm³/mol. The number of rotatable bonds is 8. The third-order valence-electron chi connectivity index (χ3n) is 1.53. The fourth-order valence-corrected chi connectivity index (χ4v) is 0.753. The van der Waals surface area contributed by atoms with Gasteiger partial charge in [0.2, 0.25) is 0 Å². The predicted octanol–water partition coefficient (Wildman–Crippen LogP) is 1.57. The van der Waals surface area contributed by atoms with Gasteiger partial charge in [-0.15, -0.1) is 6.58 Å². The van der Waals surface area contributed by atoms with Crippen LogP contribution in [0.4, 0.5) is 0 Å². The van der Waals surface area contributed by atoms with Gasteiger partial charge in [0.15, 0.2) is 5.78 Å². The number of hydrogen-bond donors (Lipinski definition) is 0. The van der Waals surface area contributed by atoms with Gasteiger partial charge >= 0.3 is 0 Å². The average Bonchev–Trinajstić information content (AvgIpc) is 2.09. The van der Waals surface area contributed by atoms with Crippen LogP contribution in [0.25, 0.3) is 0 Å². The molecule has 13 heavy (non-hydrogen) atoms. The Kier molecular flexibility index (Phi) is 7.54. The second kappa shape index (κ2) is 7.95. The van der Waals surface area contributed by atoms with E-state index in [1.54, 1.807) is 7.11 Å². The first-order valence-corrected chi connectivity index (χ1v) is 4.39. The molecule has 76 valence electrons. The van der Waals surface area contributed by atoms with Crippen molar-refractivity contribution in [2.24, 2.45) is 0 Å². The highest BCUT2D eigenvalue weighted by Gasteiger charge is 2.01. The van der Waals surface area contributed by atoms with E-state index in [1.807, 2.05) is 6.92 Å². The summed E-state index contributed by atoms with van der Waals surface area (Å²) in [4.78, 5) is 11.1. The van der Waals surface area contributed by atoms with Gasteiger partial charge in [-0.1, -0.05) is 5.57 Å². The fourth-order valence-electron chi connectivity index (χ4n) is 0.753. The van der Waals surface area contributed by atoms with Gasteiger partial charge in [0.1, 0.15) is 6.61 Å². The Morgan fingerprint density at radius 1 is 1.31 bits per heavy atom. The quantitative estimate of drug-likeness (QED) is 0.426. The molecule has 0 aromatic carbocycles. The van der Waals surface area contributed by atoms with E-state index in [2.05, 4.69) is 6.58 Å². The Morgan fingerprint density at radius 2 is 2.00 bits per heavy atom. The maximum absolute atomic E-state index is 11.1.